The van der Waals surface area contributed by atoms with Crippen LogP contribution in [0, 0.1) is 0 Å². The van der Waals surface area contributed by atoms with Crippen LogP contribution in [0.5, 0.6) is 0 Å². The van der Waals surface area contributed by atoms with E-state index >= 15 is 0 Å². The normalized spacial score (nSPS) is 29.5. The minimum atomic E-state index is 0.0665. The summed E-state index contributed by atoms with van der Waals surface area (Å²) in [6.45, 7) is 1.29. The lowest BCUT2D eigenvalue weighted by molar-refractivity contribution is 0.183. The van der Waals surface area contributed by atoms with Gasteiger partial charge in [-0.25, -0.2) is 0 Å². The second-order valence-corrected chi connectivity index (χ2v) is 3.82. The molecule has 1 saturated heterocycles. The molecule has 0 bridgehead atoms. The summed E-state index contributed by atoms with van der Waals surface area (Å²) in [6.07, 6.45) is 3.67. The second kappa shape index (κ2) is 3.16. The van der Waals surface area contributed by atoms with E-state index in [9.17, 15) is 0 Å². The molecule has 4 nitrogen and oxygen atoms in total. The maximum Gasteiger partial charge on any atom is 0.0925 e. The topological polar surface area (TPSA) is 53.1 Å². The zero-order valence-electron chi connectivity index (χ0n) is 6.48. The Morgan fingerprint density at radius 3 is 3.00 bits per heavy atom. The third kappa shape index (κ3) is 1.39. The van der Waals surface area contributed by atoms with Crippen molar-refractivity contribution in [2.75, 3.05) is 13.2 Å². The third-order valence-corrected chi connectivity index (χ3v) is 2.41. The molecule has 2 rings (SSSR count). The molecule has 1 aliphatic heterocycles. The van der Waals surface area contributed by atoms with Crippen LogP contribution in [0.3, 0.4) is 0 Å². The van der Waals surface area contributed by atoms with E-state index < -0.39 is 0 Å². The van der Waals surface area contributed by atoms with E-state index in [1.165, 1.54) is 0 Å². The van der Waals surface area contributed by atoms with Gasteiger partial charge in [-0.1, -0.05) is 0 Å². The SMILES string of the molecule is N[C@H]1COC[C@H]1n1cc(Br)cn1. The fourth-order valence-corrected chi connectivity index (χ4v) is 1.63. The maximum atomic E-state index is 5.82. The van der Waals surface area contributed by atoms with Crippen LogP contribution in [-0.2, 0) is 4.74 Å². The van der Waals surface area contributed by atoms with Gasteiger partial charge in [0.1, 0.15) is 0 Å². The van der Waals surface area contributed by atoms with Crippen LogP contribution < -0.4 is 5.73 Å². The molecule has 1 aromatic rings. The summed E-state index contributed by atoms with van der Waals surface area (Å²) in [5, 5.41) is 4.16. The average Bonchev–Trinajstić information content (AvgIpc) is 2.58. The van der Waals surface area contributed by atoms with Crippen molar-refractivity contribution >= 4 is 15.9 Å². The Kier molecular flexibility index (Phi) is 2.16. The van der Waals surface area contributed by atoms with Crippen molar-refractivity contribution < 1.29 is 4.74 Å². The van der Waals surface area contributed by atoms with Crippen LogP contribution in [0.25, 0.3) is 0 Å². The zero-order chi connectivity index (χ0) is 8.55. The molecule has 66 valence electrons. The fourth-order valence-electron chi connectivity index (χ4n) is 1.33. The van der Waals surface area contributed by atoms with E-state index in [4.69, 9.17) is 10.5 Å². The summed E-state index contributed by atoms with van der Waals surface area (Å²) in [5.74, 6) is 0. The lowest BCUT2D eigenvalue weighted by Gasteiger charge is -2.12. The molecule has 0 radical (unpaired) electrons. The lowest BCUT2D eigenvalue weighted by atomic mass is 10.2. The lowest BCUT2D eigenvalue weighted by Crippen LogP contribution is -2.30. The molecule has 0 spiro atoms. The molecule has 0 amide bonds. The number of halogens is 1. The second-order valence-electron chi connectivity index (χ2n) is 2.91. The molecule has 0 saturated carbocycles. The summed E-state index contributed by atoms with van der Waals surface area (Å²) in [5.41, 5.74) is 5.82. The smallest absolute Gasteiger partial charge is 0.0925 e. The highest BCUT2D eigenvalue weighted by Crippen LogP contribution is 2.18. The van der Waals surface area contributed by atoms with Crippen LogP contribution in [0.4, 0.5) is 0 Å². The predicted molar refractivity (Wildman–Crippen MR) is 47.8 cm³/mol. The molecule has 0 aromatic carbocycles. The average molecular weight is 232 g/mol. The molecule has 1 fully saturated rings. The zero-order valence-corrected chi connectivity index (χ0v) is 8.07. The number of ether oxygens (including phenoxy) is 1. The highest BCUT2D eigenvalue weighted by atomic mass is 79.9. The van der Waals surface area contributed by atoms with Crippen LogP contribution in [0.15, 0.2) is 16.9 Å². The Labute approximate surface area is 78.8 Å². The number of nitrogens with two attached hydrogens (primary N) is 1. The Morgan fingerprint density at radius 2 is 2.50 bits per heavy atom. The number of nitrogens with zero attached hydrogens (tertiary/aromatic N) is 2. The molecule has 2 N–H and O–H groups in total. The van der Waals surface area contributed by atoms with E-state index in [1.54, 1.807) is 6.20 Å². The van der Waals surface area contributed by atoms with Crippen molar-refractivity contribution in [3.05, 3.63) is 16.9 Å². The van der Waals surface area contributed by atoms with Crippen molar-refractivity contribution in [2.45, 2.75) is 12.1 Å². The van der Waals surface area contributed by atoms with Gasteiger partial charge in [0.25, 0.3) is 0 Å². The quantitative estimate of drug-likeness (QED) is 0.768. The fraction of sp³-hybridized carbons (Fsp3) is 0.571. The van der Waals surface area contributed by atoms with E-state index in [2.05, 4.69) is 21.0 Å². The Balaban J connectivity index is 2.19. The highest BCUT2D eigenvalue weighted by molar-refractivity contribution is 9.10. The number of aromatic nitrogens is 2. The first-order valence-electron chi connectivity index (χ1n) is 3.80. The maximum absolute atomic E-state index is 5.82. The van der Waals surface area contributed by atoms with E-state index in [0.717, 1.165) is 4.47 Å². The van der Waals surface area contributed by atoms with Gasteiger partial charge in [-0.05, 0) is 15.9 Å². The van der Waals surface area contributed by atoms with Gasteiger partial charge in [0.05, 0.1) is 36.0 Å². The molecule has 2 heterocycles. The molecule has 2 atom stereocenters. The van der Waals surface area contributed by atoms with Crippen molar-refractivity contribution in [3.63, 3.8) is 0 Å². The van der Waals surface area contributed by atoms with Crippen molar-refractivity contribution in [2.24, 2.45) is 5.73 Å². The first-order valence-corrected chi connectivity index (χ1v) is 4.59. The molecule has 5 heteroatoms. The number of hydrogen-bond acceptors (Lipinski definition) is 3. The summed E-state index contributed by atoms with van der Waals surface area (Å²) >= 11 is 3.33. The Morgan fingerprint density at radius 1 is 1.67 bits per heavy atom. The minimum absolute atomic E-state index is 0.0665. The highest BCUT2D eigenvalue weighted by Gasteiger charge is 2.26. The standard InChI is InChI=1S/C7H10BrN3O/c8-5-1-10-11(2-5)7-4-12-3-6(7)9/h1-2,6-7H,3-4,9H2/t6-,7+/m0/s1. The predicted octanol–water partition coefficient (Wildman–Crippen LogP) is 0.544. The summed E-state index contributed by atoms with van der Waals surface area (Å²) < 4.78 is 8.05. The van der Waals surface area contributed by atoms with E-state index in [1.807, 2.05) is 10.9 Å². The summed E-state index contributed by atoms with van der Waals surface area (Å²) in [6, 6.07) is 0.257. The van der Waals surface area contributed by atoms with Gasteiger partial charge >= 0.3 is 0 Å². The molecular formula is C7H10BrN3O. The van der Waals surface area contributed by atoms with Gasteiger partial charge in [-0.15, -0.1) is 0 Å². The van der Waals surface area contributed by atoms with Crippen molar-refractivity contribution in [1.29, 1.82) is 0 Å². The van der Waals surface area contributed by atoms with Crippen molar-refractivity contribution in [1.82, 2.24) is 9.78 Å². The first kappa shape index (κ1) is 8.22. The molecule has 0 unspecified atom stereocenters. The van der Waals surface area contributed by atoms with Crippen LogP contribution in [-0.4, -0.2) is 29.0 Å². The van der Waals surface area contributed by atoms with Crippen molar-refractivity contribution in [3.8, 4) is 0 Å². The van der Waals surface area contributed by atoms with Gasteiger partial charge < -0.3 is 10.5 Å². The van der Waals surface area contributed by atoms with Crippen LogP contribution in [0.2, 0.25) is 0 Å². The molecule has 1 aliphatic rings. The number of rotatable bonds is 1. The molecular weight excluding hydrogens is 222 g/mol. The van der Waals surface area contributed by atoms with Crippen LogP contribution in [0.1, 0.15) is 6.04 Å². The van der Waals surface area contributed by atoms with Gasteiger partial charge in [0, 0.05) is 6.20 Å². The molecule has 1 aromatic heterocycles. The monoisotopic (exact) mass is 231 g/mol. The molecule has 0 aliphatic carbocycles. The summed E-state index contributed by atoms with van der Waals surface area (Å²) in [7, 11) is 0. The largest absolute Gasteiger partial charge is 0.377 e. The Bertz CT molecular complexity index is 275. The van der Waals surface area contributed by atoms with E-state index in [0.29, 0.717) is 13.2 Å². The molecule has 12 heavy (non-hydrogen) atoms. The number of hydrogen-bond donors (Lipinski definition) is 1. The minimum Gasteiger partial charge on any atom is -0.377 e. The third-order valence-electron chi connectivity index (χ3n) is 2.00. The van der Waals surface area contributed by atoms with Gasteiger partial charge in [-0.2, -0.15) is 5.10 Å². The van der Waals surface area contributed by atoms with Gasteiger partial charge in [0.2, 0.25) is 0 Å². The van der Waals surface area contributed by atoms with Gasteiger partial charge in [0.15, 0.2) is 0 Å². The Hall–Kier alpha value is -0.390. The van der Waals surface area contributed by atoms with Crippen LogP contribution >= 0.6 is 15.9 Å². The van der Waals surface area contributed by atoms with Gasteiger partial charge in [-0.3, -0.25) is 4.68 Å². The first-order chi connectivity index (χ1) is 5.77. The summed E-state index contributed by atoms with van der Waals surface area (Å²) in [4.78, 5) is 0. The van der Waals surface area contributed by atoms with E-state index in [-0.39, 0.29) is 12.1 Å².